The first-order chi connectivity index (χ1) is 8.63. The molecule has 0 spiro atoms. The van der Waals surface area contributed by atoms with Crippen LogP contribution in [0.1, 0.15) is 46.5 Å². The minimum absolute atomic E-state index is 0.181. The van der Waals surface area contributed by atoms with Crippen LogP contribution in [0.15, 0.2) is 0 Å². The van der Waals surface area contributed by atoms with Gasteiger partial charge in [0.15, 0.2) is 0 Å². The lowest BCUT2D eigenvalue weighted by Gasteiger charge is -2.19. The van der Waals surface area contributed by atoms with Gasteiger partial charge in [-0.2, -0.15) is 0 Å². The first-order valence-corrected chi connectivity index (χ1v) is 7.30. The molecular weight excluding hydrogens is 226 g/mol. The van der Waals surface area contributed by atoms with Gasteiger partial charge in [0.2, 0.25) is 5.91 Å². The molecule has 0 rings (SSSR count). The van der Waals surface area contributed by atoms with Gasteiger partial charge in [-0.05, 0) is 59.4 Å². The number of nitrogens with zero attached hydrogens (tertiary/aromatic N) is 1. The van der Waals surface area contributed by atoms with Crippen LogP contribution in [0.25, 0.3) is 0 Å². The van der Waals surface area contributed by atoms with Gasteiger partial charge in [-0.1, -0.05) is 13.8 Å². The van der Waals surface area contributed by atoms with Crippen LogP contribution >= 0.6 is 0 Å². The van der Waals surface area contributed by atoms with Crippen molar-refractivity contribution in [2.75, 3.05) is 33.2 Å². The van der Waals surface area contributed by atoms with Gasteiger partial charge in [0.05, 0.1) is 0 Å². The van der Waals surface area contributed by atoms with E-state index in [9.17, 15) is 4.79 Å². The summed E-state index contributed by atoms with van der Waals surface area (Å²) in [5.41, 5.74) is 0. The quantitative estimate of drug-likeness (QED) is 0.553. The van der Waals surface area contributed by atoms with E-state index in [1.165, 1.54) is 0 Å². The summed E-state index contributed by atoms with van der Waals surface area (Å²) in [6, 6.07) is 0.294. The summed E-state index contributed by atoms with van der Waals surface area (Å²) >= 11 is 0. The van der Waals surface area contributed by atoms with E-state index in [0.29, 0.717) is 12.5 Å². The van der Waals surface area contributed by atoms with Crippen molar-refractivity contribution in [1.29, 1.82) is 0 Å². The topological polar surface area (TPSA) is 44.4 Å². The van der Waals surface area contributed by atoms with Gasteiger partial charge < -0.3 is 15.5 Å². The summed E-state index contributed by atoms with van der Waals surface area (Å²) < 4.78 is 0. The van der Waals surface area contributed by atoms with Crippen LogP contribution in [0, 0.1) is 0 Å². The molecule has 0 aliphatic heterocycles. The maximum absolute atomic E-state index is 11.6. The third kappa shape index (κ3) is 9.42. The summed E-state index contributed by atoms with van der Waals surface area (Å²) in [7, 11) is 1.91. The summed E-state index contributed by atoms with van der Waals surface area (Å²) in [4.78, 5) is 14.0. The van der Waals surface area contributed by atoms with Crippen LogP contribution in [0.5, 0.6) is 0 Å². The monoisotopic (exact) mass is 257 g/mol. The third-order valence-electron chi connectivity index (χ3n) is 3.24. The van der Waals surface area contributed by atoms with Crippen LogP contribution in [0.4, 0.5) is 0 Å². The minimum Gasteiger partial charge on any atom is -0.354 e. The second-order valence-corrected chi connectivity index (χ2v) is 4.84. The van der Waals surface area contributed by atoms with E-state index in [-0.39, 0.29) is 5.91 Å². The van der Waals surface area contributed by atoms with E-state index < -0.39 is 0 Å². The molecular formula is C14H31N3O. The lowest BCUT2D eigenvalue weighted by atomic mass is 10.1. The SMILES string of the molecule is CCN(CC)CCCC(C)NC(=O)CCCNC. The normalized spacial score (nSPS) is 12.7. The molecule has 0 aromatic carbocycles. The summed E-state index contributed by atoms with van der Waals surface area (Å²) in [6.07, 6.45) is 3.75. The molecule has 4 heteroatoms. The van der Waals surface area contributed by atoms with E-state index in [1.54, 1.807) is 0 Å². The van der Waals surface area contributed by atoms with Gasteiger partial charge in [-0.25, -0.2) is 0 Å². The van der Waals surface area contributed by atoms with Gasteiger partial charge in [-0.3, -0.25) is 4.79 Å². The van der Waals surface area contributed by atoms with E-state index >= 15 is 0 Å². The second-order valence-electron chi connectivity index (χ2n) is 4.84. The van der Waals surface area contributed by atoms with E-state index in [1.807, 2.05) is 7.05 Å². The fraction of sp³-hybridized carbons (Fsp3) is 0.929. The second kappa shape index (κ2) is 11.5. The Hall–Kier alpha value is -0.610. The molecule has 0 aromatic rings. The highest BCUT2D eigenvalue weighted by Gasteiger charge is 2.07. The molecule has 0 saturated heterocycles. The Kier molecular flexibility index (Phi) is 11.1. The number of amides is 1. The smallest absolute Gasteiger partial charge is 0.220 e. The largest absolute Gasteiger partial charge is 0.354 e. The summed E-state index contributed by atoms with van der Waals surface area (Å²) in [5.74, 6) is 0.181. The van der Waals surface area contributed by atoms with Crippen molar-refractivity contribution in [3.05, 3.63) is 0 Å². The molecule has 0 heterocycles. The zero-order valence-electron chi connectivity index (χ0n) is 12.6. The zero-order chi connectivity index (χ0) is 13.8. The number of nitrogens with one attached hydrogen (secondary N) is 2. The molecule has 0 aromatic heterocycles. The molecule has 1 atom stereocenters. The molecule has 1 amide bonds. The van der Waals surface area contributed by atoms with Gasteiger partial charge in [-0.15, -0.1) is 0 Å². The van der Waals surface area contributed by atoms with Gasteiger partial charge >= 0.3 is 0 Å². The molecule has 0 saturated carbocycles. The Morgan fingerprint density at radius 3 is 2.44 bits per heavy atom. The minimum atomic E-state index is 0.181. The molecule has 0 aliphatic rings. The first kappa shape index (κ1) is 17.4. The average Bonchev–Trinajstić information content (AvgIpc) is 2.35. The van der Waals surface area contributed by atoms with Crippen molar-refractivity contribution in [2.45, 2.75) is 52.5 Å². The highest BCUT2D eigenvalue weighted by molar-refractivity contribution is 5.76. The molecule has 0 aliphatic carbocycles. The van der Waals surface area contributed by atoms with Gasteiger partial charge in [0, 0.05) is 12.5 Å². The number of hydrogen-bond donors (Lipinski definition) is 2. The number of carbonyl (C=O) groups is 1. The van der Waals surface area contributed by atoms with Crippen molar-refractivity contribution in [1.82, 2.24) is 15.5 Å². The number of carbonyl (C=O) groups excluding carboxylic acids is 1. The fourth-order valence-electron chi connectivity index (χ4n) is 2.01. The molecule has 0 radical (unpaired) electrons. The maximum atomic E-state index is 11.6. The standard InChI is InChI=1S/C14H31N3O/c1-5-17(6-2)12-8-9-13(3)16-14(18)10-7-11-15-4/h13,15H,5-12H2,1-4H3,(H,16,18). The Morgan fingerprint density at radius 1 is 1.22 bits per heavy atom. The fourth-order valence-corrected chi connectivity index (χ4v) is 2.01. The molecule has 0 fully saturated rings. The Bertz CT molecular complexity index is 205. The molecule has 2 N–H and O–H groups in total. The third-order valence-corrected chi connectivity index (χ3v) is 3.24. The Balaban J connectivity index is 3.57. The van der Waals surface area contributed by atoms with Crippen LogP contribution in [-0.2, 0) is 4.79 Å². The van der Waals surface area contributed by atoms with Crippen molar-refractivity contribution < 1.29 is 4.79 Å². The first-order valence-electron chi connectivity index (χ1n) is 7.30. The van der Waals surface area contributed by atoms with Crippen LogP contribution in [-0.4, -0.2) is 50.1 Å². The Labute approximate surface area is 113 Å². The average molecular weight is 257 g/mol. The lowest BCUT2D eigenvalue weighted by Crippen LogP contribution is -2.33. The van der Waals surface area contributed by atoms with Gasteiger partial charge in [0.1, 0.15) is 0 Å². The molecule has 108 valence electrons. The highest BCUT2D eigenvalue weighted by Crippen LogP contribution is 2.00. The maximum Gasteiger partial charge on any atom is 0.220 e. The van der Waals surface area contributed by atoms with Crippen molar-refractivity contribution in [3.63, 3.8) is 0 Å². The van der Waals surface area contributed by atoms with Gasteiger partial charge in [0.25, 0.3) is 0 Å². The summed E-state index contributed by atoms with van der Waals surface area (Å²) in [5, 5.41) is 6.11. The highest BCUT2D eigenvalue weighted by atomic mass is 16.1. The molecule has 18 heavy (non-hydrogen) atoms. The number of hydrogen-bond acceptors (Lipinski definition) is 3. The molecule has 0 bridgehead atoms. The lowest BCUT2D eigenvalue weighted by molar-refractivity contribution is -0.121. The van der Waals surface area contributed by atoms with Crippen molar-refractivity contribution >= 4 is 5.91 Å². The Morgan fingerprint density at radius 2 is 1.89 bits per heavy atom. The zero-order valence-corrected chi connectivity index (χ0v) is 12.6. The van der Waals surface area contributed by atoms with Crippen molar-refractivity contribution in [3.8, 4) is 0 Å². The van der Waals surface area contributed by atoms with E-state index in [2.05, 4.69) is 36.3 Å². The van der Waals surface area contributed by atoms with Crippen molar-refractivity contribution in [2.24, 2.45) is 0 Å². The number of rotatable bonds is 11. The van der Waals surface area contributed by atoms with Crippen LogP contribution < -0.4 is 10.6 Å². The van der Waals surface area contributed by atoms with Crippen LogP contribution in [0.2, 0.25) is 0 Å². The van der Waals surface area contributed by atoms with E-state index in [0.717, 1.165) is 45.4 Å². The van der Waals surface area contributed by atoms with Crippen LogP contribution in [0.3, 0.4) is 0 Å². The molecule has 4 nitrogen and oxygen atoms in total. The molecule has 1 unspecified atom stereocenters. The summed E-state index contributed by atoms with van der Waals surface area (Å²) in [6.45, 7) is 10.7. The van der Waals surface area contributed by atoms with E-state index in [4.69, 9.17) is 0 Å². The predicted octanol–water partition coefficient (Wildman–Crippen LogP) is 1.61. The predicted molar refractivity (Wildman–Crippen MR) is 77.8 cm³/mol.